The molecular weight excluding hydrogens is 518 g/mol. The second-order valence-corrected chi connectivity index (χ2v) is 9.67. The second-order valence-electron chi connectivity index (χ2n) is 8.75. The van der Waals surface area contributed by atoms with Gasteiger partial charge in [0.25, 0.3) is 5.56 Å². The smallest absolute Gasteiger partial charge is 0.255 e. The Labute approximate surface area is 209 Å². The fourth-order valence-corrected chi connectivity index (χ4v) is 5.28. The maximum atomic E-state index is 14.8. The van der Waals surface area contributed by atoms with Gasteiger partial charge in [-0.15, -0.1) is 0 Å². The third-order valence-electron chi connectivity index (χ3n) is 6.27. The van der Waals surface area contributed by atoms with Crippen molar-refractivity contribution in [2.75, 3.05) is 13.2 Å². The van der Waals surface area contributed by atoms with Crippen LogP contribution >= 0.6 is 15.9 Å². The highest BCUT2D eigenvalue weighted by Crippen LogP contribution is 2.38. The van der Waals surface area contributed by atoms with Crippen LogP contribution in [0.15, 0.2) is 62.3 Å². The summed E-state index contributed by atoms with van der Waals surface area (Å²) < 4.78 is 42.5. The zero-order valence-corrected chi connectivity index (χ0v) is 20.9. The van der Waals surface area contributed by atoms with Crippen LogP contribution in [0.1, 0.15) is 35.8 Å². The van der Waals surface area contributed by atoms with E-state index >= 15 is 0 Å². The van der Waals surface area contributed by atoms with E-state index in [1.54, 1.807) is 16.8 Å². The minimum atomic E-state index is -0.742. The number of oxazole rings is 1. The highest BCUT2D eigenvalue weighted by atomic mass is 79.9. The molecule has 1 fully saturated rings. The highest BCUT2D eigenvalue weighted by Gasteiger charge is 2.26. The average molecular weight is 541 g/mol. The fourth-order valence-electron chi connectivity index (χ4n) is 4.59. The molecule has 0 spiro atoms. The van der Waals surface area contributed by atoms with Crippen LogP contribution < -0.4 is 5.56 Å². The Balaban J connectivity index is 1.70. The zero-order valence-electron chi connectivity index (χ0n) is 19.3. The Morgan fingerprint density at radius 1 is 1.03 bits per heavy atom. The van der Waals surface area contributed by atoms with Crippen molar-refractivity contribution in [3.63, 3.8) is 0 Å². The molecule has 4 aromatic rings. The molecule has 2 aromatic heterocycles. The first-order valence-corrected chi connectivity index (χ1v) is 12.1. The summed E-state index contributed by atoms with van der Waals surface area (Å²) in [5.74, 6) is -0.698. The van der Waals surface area contributed by atoms with Gasteiger partial charge in [0.1, 0.15) is 17.3 Å². The van der Waals surface area contributed by atoms with Crippen molar-refractivity contribution >= 4 is 15.9 Å². The van der Waals surface area contributed by atoms with Gasteiger partial charge in [-0.25, -0.2) is 13.8 Å². The van der Waals surface area contributed by atoms with Crippen molar-refractivity contribution in [3.8, 4) is 28.3 Å². The average Bonchev–Trinajstić information content (AvgIpc) is 3.25. The van der Waals surface area contributed by atoms with Crippen molar-refractivity contribution in [3.05, 3.63) is 92.1 Å². The van der Waals surface area contributed by atoms with E-state index in [0.717, 1.165) is 40.2 Å². The number of pyridine rings is 1. The molecule has 5 nitrogen and oxygen atoms in total. The Morgan fingerprint density at radius 3 is 2.43 bits per heavy atom. The lowest BCUT2D eigenvalue weighted by atomic mass is 10.0. The normalized spacial score (nSPS) is 14.4. The van der Waals surface area contributed by atoms with Gasteiger partial charge in [0.2, 0.25) is 0 Å². The molecule has 8 heteroatoms. The SMILES string of the molecule is Cc1cc(Br)cc(C)c1-n1cc(-c2nc(C3CCOCC3)oc2-c2ccc(F)cc2F)ccc1=O. The summed E-state index contributed by atoms with van der Waals surface area (Å²) in [7, 11) is 0. The number of hydrogen-bond donors (Lipinski definition) is 0. The van der Waals surface area contributed by atoms with E-state index < -0.39 is 11.6 Å². The minimum absolute atomic E-state index is 0.0293. The van der Waals surface area contributed by atoms with Gasteiger partial charge in [-0.2, -0.15) is 0 Å². The molecule has 0 saturated carbocycles. The first-order valence-electron chi connectivity index (χ1n) is 11.4. The van der Waals surface area contributed by atoms with Crippen LogP contribution in [-0.4, -0.2) is 22.8 Å². The lowest BCUT2D eigenvalue weighted by Crippen LogP contribution is -2.18. The summed E-state index contributed by atoms with van der Waals surface area (Å²) in [6.45, 7) is 5.06. The quantitative estimate of drug-likeness (QED) is 0.288. The third kappa shape index (κ3) is 4.60. The molecular formula is C27H23BrF2N2O3. The fraction of sp³-hybridized carbons (Fsp3) is 0.259. The van der Waals surface area contributed by atoms with Gasteiger partial charge < -0.3 is 9.15 Å². The molecule has 1 aliphatic heterocycles. The number of ether oxygens (including phenoxy) is 1. The van der Waals surface area contributed by atoms with Gasteiger partial charge in [0.15, 0.2) is 11.7 Å². The molecule has 0 N–H and O–H groups in total. The van der Waals surface area contributed by atoms with E-state index in [-0.39, 0.29) is 22.8 Å². The van der Waals surface area contributed by atoms with Gasteiger partial charge >= 0.3 is 0 Å². The van der Waals surface area contributed by atoms with Gasteiger partial charge in [0.05, 0.1) is 11.3 Å². The van der Waals surface area contributed by atoms with Crippen LogP contribution in [0, 0.1) is 25.5 Å². The largest absolute Gasteiger partial charge is 0.440 e. The van der Waals surface area contributed by atoms with Crippen LogP contribution in [0.4, 0.5) is 8.78 Å². The van der Waals surface area contributed by atoms with E-state index in [1.165, 1.54) is 18.2 Å². The van der Waals surface area contributed by atoms with Gasteiger partial charge in [-0.05, 0) is 68.1 Å². The number of aryl methyl sites for hydroxylation is 2. The third-order valence-corrected chi connectivity index (χ3v) is 6.73. The Morgan fingerprint density at radius 2 is 1.74 bits per heavy atom. The molecule has 1 aliphatic rings. The monoisotopic (exact) mass is 540 g/mol. The topological polar surface area (TPSA) is 57.3 Å². The Hall–Kier alpha value is -3.10. The molecule has 35 heavy (non-hydrogen) atoms. The first-order chi connectivity index (χ1) is 16.8. The number of benzene rings is 2. The van der Waals surface area contributed by atoms with Crippen molar-refractivity contribution in [2.24, 2.45) is 0 Å². The van der Waals surface area contributed by atoms with Crippen molar-refractivity contribution in [2.45, 2.75) is 32.6 Å². The van der Waals surface area contributed by atoms with Gasteiger partial charge in [-0.1, -0.05) is 15.9 Å². The first kappa shape index (κ1) is 23.6. The molecule has 0 amide bonds. The zero-order chi connectivity index (χ0) is 24.7. The molecule has 1 saturated heterocycles. The summed E-state index contributed by atoms with van der Waals surface area (Å²) in [6, 6.07) is 10.4. The van der Waals surface area contributed by atoms with Crippen LogP contribution in [0.5, 0.6) is 0 Å². The maximum Gasteiger partial charge on any atom is 0.255 e. The molecule has 0 unspecified atom stereocenters. The molecule has 0 atom stereocenters. The molecule has 2 aromatic carbocycles. The predicted molar refractivity (Wildman–Crippen MR) is 133 cm³/mol. The van der Waals surface area contributed by atoms with Crippen molar-refractivity contribution in [1.29, 1.82) is 0 Å². The predicted octanol–water partition coefficient (Wildman–Crippen LogP) is 6.71. The lowest BCUT2D eigenvalue weighted by molar-refractivity contribution is 0.0796. The number of nitrogens with zero attached hydrogens (tertiary/aromatic N) is 2. The Bertz CT molecular complexity index is 1450. The number of halogens is 3. The molecule has 180 valence electrons. The van der Waals surface area contributed by atoms with Crippen LogP contribution in [0.2, 0.25) is 0 Å². The van der Waals surface area contributed by atoms with Gasteiger partial charge in [-0.3, -0.25) is 9.36 Å². The standard InChI is InChI=1S/C27H23BrF2N2O3/c1-15-11-19(28)12-16(2)25(15)32-14-18(3-6-23(32)33)24-26(21-5-4-20(29)13-22(21)30)35-27(31-24)17-7-9-34-10-8-17/h3-6,11-14,17H,7-10H2,1-2H3. The summed E-state index contributed by atoms with van der Waals surface area (Å²) in [5.41, 5.74) is 3.51. The van der Waals surface area contributed by atoms with E-state index in [4.69, 9.17) is 14.1 Å². The number of rotatable bonds is 4. The van der Waals surface area contributed by atoms with Crippen molar-refractivity contribution in [1.82, 2.24) is 9.55 Å². The summed E-state index contributed by atoms with van der Waals surface area (Å²) in [6.07, 6.45) is 3.17. The highest BCUT2D eigenvalue weighted by molar-refractivity contribution is 9.10. The van der Waals surface area contributed by atoms with E-state index in [1.807, 2.05) is 26.0 Å². The summed E-state index contributed by atoms with van der Waals surface area (Å²) in [4.78, 5) is 17.6. The molecule has 0 bridgehead atoms. The Kier molecular flexibility index (Phi) is 6.42. The number of hydrogen-bond acceptors (Lipinski definition) is 4. The van der Waals surface area contributed by atoms with Crippen LogP contribution in [-0.2, 0) is 4.74 Å². The van der Waals surface area contributed by atoms with Gasteiger partial charge in [0, 0.05) is 47.5 Å². The lowest BCUT2D eigenvalue weighted by Gasteiger charge is -2.18. The minimum Gasteiger partial charge on any atom is -0.440 e. The molecule has 5 rings (SSSR count). The van der Waals surface area contributed by atoms with E-state index in [9.17, 15) is 13.6 Å². The molecule has 3 heterocycles. The van der Waals surface area contributed by atoms with E-state index in [2.05, 4.69) is 15.9 Å². The van der Waals surface area contributed by atoms with Crippen LogP contribution in [0.3, 0.4) is 0 Å². The molecule has 0 radical (unpaired) electrons. The molecule has 0 aliphatic carbocycles. The maximum absolute atomic E-state index is 14.8. The van der Waals surface area contributed by atoms with Crippen LogP contribution in [0.25, 0.3) is 28.3 Å². The van der Waals surface area contributed by atoms with Crippen molar-refractivity contribution < 1.29 is 17.9 Å². The summed E-state index contributed by atoms with van der Waals surface area (Å²) >= 11 is 3.50. The summed E-state index contributed by atoms with van der Waals surface area (Å²) in [5, 5.41) is 0. The number of aromatic nitrogens is 2. The van der Waals surface area contributed by atoms with E-state index in [0.29, 0.717) is 30.4 Å². The second kappa shape index (κ2) is 9.51.